The lowest BCUT2D eigenvalue weighted by molar-refractivity contribution is -0.130. The summed E-state index contributed by atoms with van der Waals surface area (Å²) in [6, 6.07) is 12.7. The number of carbonyl (C=O) groups excluding carboxylic acids is 3. The van der Waals surface area contributed by atoms with E-state index in [1.54, 1.807) is 48.3 Å². The molecule has 0 unspecified atom stereocenters. The van der Waals surface area contributed by atoms with E-state index in [9.17, 15) is 23.2 Å². The molecular weight excluding hydrogens is 552 g/mol. The highest BCUT2D eigenvalue weighted by Crippen LogP contribution is 2.34. The molecule has 0 spiro atoms. The molecule has 2 N–H and O–H groups in total. The van der Waals surface area contributed by atoms with Crippen LogP contribution in [0.2, 0.25) is 0 Å². The fourth-order valence-corrected chi connectivity index (χ4v) is 5.36. The van der Waals surface area contributed by atoms with Crippen LogP contribution in [0, 0.1) is 11.6 Å². The normalized spacial score (nSPS) is 20.9. The van der Waals surface area contributed by atoms with Crippen LogP contribution >= 0.6 is 0 Å². The smallest absolute Gasteiger partial charge is 0.257 e. The monoisotopic (exact) mass is 579 g/mol. The summed E-state index contributed by atoms with van der Waals surface area (Å²) in [6.45, 7) is 0.207. The molecule has 218 valence electrons. The molecule has 10 nitrogen and oxygen atoms in total. The minimum atomic E-state index is -0.865. The van der Waals surface area contributed by atoms with E-state index in [0.717, 1.165) is 12.1 Å². The van der Waals surface area contributed by atoms with Crippen LogP contribution in [0.5, 0.6) is 17.2 Å². The maximum Gasteiger partial charge on any atom is 0.257 e. The standard InChI is InChI=1S/C30H27F2N3O7/c1-35-22-8-7-18(13-27(36)34-28-20(31)3-2-4-21(28)32)42-26(22)14-39-23-10-6-17(12-19(23)30(35)38)33-29(37)16-5-9-24-25(11-16)41-15-40-24/h2-6,9-12,18,22,26H,7-8,13-15H2,1H3,(H,33,37)(H,34,36)/t18-,22+,26-/m1/s1. The largest absolute Gasteiger partial charge is 0.490 e. The van der Waals surface area contributed by atoms with Crippen LogP contribution in [0.3, 0.4) is 0 Å². The van der Waals surface area contributed by atoms with Crippen LogP contribution in [0.1, 0.15) is 40.0 Å². The first-order chi connectivity index (χ1) is 20.3. The Balaban J connectivity index is 1.12. The molecule has 3 amide bonds. The summed E-state index contributed by atoms with van der Waals surface area (Å²) >= 11 is 0. The van der Waals surface area contributed by atoms with Gasteiger partial charge in [0.15, 0.2) is 11.5 Å². The van der Waals surface area contributed by atoms with E-state index >= 15 is 0 Å². The van der Waals surface area contributed by atoms with Gasteiger partial charge in [0.1, 0.15) is 35.8 Å². The third kappa shape index (κ3) is 5.45. The summed E-state index contributed by atoms with van der Waals surface area (Å²) in [4.78, 5) is 40.5. The molecule has 3 heterocycles. The molecule has 0 bridgehead atoms. The summed E-state index contributed by atoms with van der Waals surface area (Å²) in [5, 5.41) is 5.09. The molecule has 3 aliphatic heterocycles. The summed E-state index contributed by atoms with van der Waals surface area (Å²) in [7, 11) is 1.67. The first-order valence-electron chi connectivity index (χ1n) is 13.4. The fourth-order valence-electron chi connectivity index (χ4n) is 5.36. The van der Waals surface area contributed by atoms with Crippen molar-refractivity contribution in [1.29, 1.82) is 0 Å². The Morgan fingerprint density at radius 2 is 1.69 bits per heavy atom. The highest BCUT2D eigenvalue weighted by Gasteiger charge is 2.39. The Labute approximate surface area is 239 Å². The van der Waals surface area contributed by atoms with Gasteiger partial charge in [-0.2, -0.15) is 0 Å². The predicted molar refractivity (Wildman–Crippen MR) is 146 cm³/mol. The summed E-state index contributed by atoms with van der Waals surface area (Å²) in [5.41, 5.74) is 0.568. The summed E-state index contributed by atoms with van der Waals surface area (Å²) in [5.74, 6) is -1.63. The van der Waals surface area contributed by atoms with Crippen molar-refractivity contribution in [2.45, 2.75) is 37.5 Å². The molecule has 0 saturated carbocycles. The number of carbonyl (C=O) groups is 3. The number of para-hydroxylation sites is 1. The highest BCUT2D eigenvalue weighted by atomic mass is 19.1. The van der Waals surface area contributed by atoms with Gasteiger partial charge in [-0.25, -0.2) is 8.78 Å². The van der Waals surface area contributed by atoms with Gasteiger partial charge in [0.25, 0.3) is 11.8 Å². The number of likely N-dealkylation sites (N-methyl/N-ethyl adjacent to an activating group) is 1. The van der Waals surface area contributed by atoms with Crippen LogP contribution in [-0.4, -0.2) is 61.3 Å². The summed E-state index contributed by atoms with van der Waals surface area (Å²) < 4.78 is 50.6. The van der Waals surface area contributed by atoms with E-state index in [2.05, 4.69) is 10.6 Å². The lowest BCUT2D eigenvalue weighted by atomic mass is 9.94. The van der Waals surface area contributed by atoms with Gasteiger partial charge in [-0.05, 0) is 61.4 Å². The van der Waals surface area contributed by atoms with Crippen molar-refractivity contribution in [1.82, 2.24) is 4.90 Å². The molecule has 12 heteroatoms. The van der Waals surface area contributed by atoms with E-state index in [4.69, 9.17) is 18.9 Å². The first kappa shape index (κ1) is 27.5. The average molecular weight is 580 g/mol. The van der Waals surface area contributed by atoms with E-state index in [1.807, 2.05) is 0 Å². The molecule has 3 aromatic rings. The average Bonchev–Trinajstić information content (AvgIpc) is 3.45. The number of amides is 3. The van der Waals surface area contributed by atoms with Crippen molar-refractivity contribution < 1.29 is 42.1 Å². The van der Waals surface area contributed by atoms with Crippen LogP contribution in [0.25, 0.3) is 0 Å². The van der Waals surface area contributed by atoms with E-state index in [-0.39, 0.29) is 43.2 Å². The Kier molecular flexibility index (Phi) is 7.38. The number of halogens is 2. The highest BCUT2D eigenvalue weighted by molar-refractivity contribution is 6.06. The van der Waals surface area contributed by atoms with Gasteiger partial charge >= 0.3 is 0 Å². The Bertz CT molecular complexity index is 1550. The predicted octanol–water partition coefficient (Wildman–Crippen LogP) is 4.36. The van der Waals surface area contributed by atoms with E-state index in [1.165, 1.54) is 6.07 Å². The molecule has 3 atom stereocenters. The Hall–Kier alpha value is -4.71. The van der Waals surface area contributed by atoms with Crippen LogP contribution in [0.15, 0.2) is 54.6 Å². The van der Waals surface area contributed by atoms with Gasteiger partial charge < -0.3 is 34.5 Å². The van der Waals surface area contributed by atoms with Gasteiger partial charge in [0.05, 0.1) is 24.1 Å². The lowest BCUT2D eigenvalue weighted by Gasteiger charge is -2.42. The first-order valence-corrected chi connectivity index (χ1v) is 13.4. The molecule has 6 rings (SSSR count). The number of hydrogen-bond donors (Lipinski definition) is 2. The zero-order valence-electron chi connectivity index (χ0n) is 22.5. The minimum Gasteiger partial charge on any atom is -0.490 e. The third-order valence-corrected chi connectivity index (χ3v) is 7.54. The Morgan fingerprint density at radius 3 is 2.50 bits per heavy atom. The molecule has 0 aliphatic carbocycles. The maximum atomic E-state index is 13.9. The van der Waals surface area contributed by atoms with Crippen molar-refractivity contribution in [2.24, 2.45) is 0 Å². The van der Waals surface area contributed by atoms with Crippen molar-refractivity contribution >= 4 is 29.1 Å². The fraction of sp³-hybridized carbons (Fsp3) is 0.300. The van der Waals surface area contributed by atoms with Gasteiger partial charge in [-0.1, -0.05) is 6.07 Å². The SMILES string of the molecule is CN1C(=O)c2cc(NC(=O)c3ccc4c(c3)OCO4)ccc2OC[C@H]2O[C@@H](CC(=O)Nc3c(F)cccc3F)CC[C@@H]21. The molecular formula is C30H27F2N3O7. The number of fused-ring (bicyclic) bond motifs is 3. The van der Waals surface area contributed by atoms with Crippen LogP contribution in [0.4, 0.5) is 20.2 Å². The van der Waals surface area contributed by atoms with Crippen molar-refractivity contribution in [2.75, 3.05) is 31.1 Å². The number of nitrogens with one attached hydrogen (secondary N) is 2. The second-order valence-electron chi connectivity index (χ2n) is 10.3. The number of anilines is 2. The molecule has 3 aliphatic rings. The number of rotatable bonds is 5. The van der Waals surface area contributed by atoms with Gasteiger partial charge in [0, 0.05) is 18.3 Å². The topological polar surface area (TPSA) is 115 Å². The summed E-state index contributed by atoms with van der Waals surface area (Å²) in [6.07, 6.45) is -0.199. The minimum absolute atomic E-state index is 0.0977. The van der Waals surface area contributed by atoms with Gasteiger partial charge in [-0.15, -0.1) is 0 Å². The van der Waals surface area contributed by atoms with Gasteiger partial charge in [-0.3, -0.25) is 14.4 Å². The van der Waals surface area contributed by atoms with Crippen LogP contribution < -0.4 is 24.8 Å². The van der Waals surface area contributed by atoms with Crippen molar-refractivity contribution in [3.05, 3.63) is 77.4 Å². The Morgan fingerprint density at radius 1 is 0.929 bits per heavy atom. The van der Waals surface area contributed by atoms with Crippen molar-refractivity contribution in [3.8, 4) is 17.2 Å². The zero-order chi connectivity index (χ0) is 29.4. The van der Waals surface area contributed by atoms with Crippen molar-refractivity contribution in [3.63, 3.8) is 0 Å². The second kappa shape index (κ2) is 11.3. The van der Waals surface area contributed by atoms with Gasteiger partial charge in [0.2, 0.25) is 12.7 Å². The molecule has 3 aromatic carbocycles. The molecule has 1 saturated heterocycles. The second-order valence-corrected chi connectivity index (χ2v) is 10.3. The molecule has 1 fully saturated rings. The lowest BCUT2D eigenvalue weighted by Crippen LogP contribution is -2.53. The number of nitrogens with zero attached hydrogens (tertiary/aromatic N) is 1. The number of hydrogen-bond acceptors (Lipinski definition) is 7. The zero-order valence-corrected chi connectivity index (χ0v) is 22.5. The quantitative estimate of drug-likeness (QED) is 0.462. The molecule has 0 radical (unpaired) electrons. The third-order valence-electron chi connectivity index (χ3n) is 7.54. The maximum absolute atomic E-state index is 13.9. The number of benzene rings is 3. The molecule has 0 aromatic heterocycles. The molecule has 42 heavy (non-hydrogen) atoms. The van der Waals surface area contributed by atoms with E-state index < -0.39 is 35.4 Å². The number of ether oxygens (including phenoxy) is 4. The van der Waals surface area contributed by atoms with Crippen LogP contribution in [-0.2, 0) is 9.53 Å². The van der Waals surface area contributed by atoms with E-state index in [0.29, 0.717) is 41.3 Å².